The van der Waals surface area contributed by atoms with Crippen LogP contribution in [0.25, 0.3) is 0 Å². The zero-order valence-electron chi connectivity index (χ0n) is 6.57. The lowest BCUT2D eigenvalue weighted by molar-refractivity contribution is 1.04. The summed E-state index contributed by atoms with van der Waals surface area (Å²) in [7, 11) is 0. The Kier molecular flexibility index (Phi) is 3.19. The highest BCUT2D eigenvalue weighted by Crippen LogP contribution is 2.11. The SMILES string of the molecule is Cc1ccc(/C=N\NC(N)=S)s1. The molecule has 0 amide bonds. The smallest absolute Gasteiger partial charge is 0.184 e. The highest BCUT2D eigenvalue weighted by atomic mass is 32.1. The van der Waals surface area contributed by atoms with Gasteiger partial charge in [0.15, 0.2) is 5.11 Å². The summed E-state index contributed by atoms with van der Waals surface area (Å²) in [4.78, 5) is 2.34. The van der Waals surface area contributed by atoms with Crippen LogP contribution in [0, 0.1) is 6.92 Å². The van der Waals surface area contributed by atoms with E-state index < -0.39 is 0 Å². The summed E-state index contributed by atoms with van der Waals surface area (Å²) in [6, 6.07) is 4.03. The van der Waals surface area contributed by atoms with Crippen molar-refractivity contribution in [2.24, 2.45) is 10.8 Å². The molecule has 0 atom stereocenters. The van der Waals surface area contributed by atoms with Crippen molar-refractivity contribution in [3.8, 4) is 0 Å². The van der Waals surface area contributed by atoms with Crippen LogP contribution in [0.1, 0.15) is 9.75 Å². The van der Waals surface area contributed by atoms with Gasteiger partial charge in [-0.05, 0) is 31.3 Å². The summed E-state index contributed by atoms with van der Waals surface area (Å²) < 4.78 is 0. The zero-order valence-corrected chi connectivity index (χ0v) is 8.21. The standard InChI is InChI=1S/C7H9N3S2/c1-5-2-3-6(12-5)4-9-10-7(8)11/h2-4H,1H3,(H3,8,10,11)/b9-4-. The van der Waals surface area contributed by atoms with Crippen LogP contribution in [0.2, 0.25) is 0 Å². The van der Waals surface area contributed by atoms with Gasteiger partial charge in [-0.25, -0.2) is 0 Å². The van der Waals surface area contributed by atoms with Crippen LogP contribution >= 0.6 is 23.6 Å². The Balaban J connectivity index is 2.52. The molecule has 0 fully saturated rings. The van der Waals surface area contributed by atoms with Crippen molar-refractivity contribution in [1.82, 2.24) is 5.43 Å². The average Bonchev–Trinajstić information content (AvgIpc) is 2.35. The largest absolute Gasteiger partial charge is 0.375 e. The number of nitrogens with zero attached hydrogens (tertiary/aromatic N) is 1. The van der Waals surface area contributed by atoms with Crippen LogP contribution in [0.4, 0.5) is 0 Å². The van der Waals surface area contributed by atoms with Crippen molar-refractivity contribution in [1.29, 1.82) is 0 Å². The second-order valence-corrected chi connectivity index (χ2v) is 3.94. The summed E-state index contributed by atoms with van der Waals surface area (Å²) in [6.45, 7) is 2.04. The predicted molar refractivity (Wildman–Crippen MR) is 56.6 cm³/mol. The van der Waals surface area contributed by atoms with Gasteiger partial charge in [-0.2, -0.15) is 5.10 Å². The van der Waals surface area contributed by atoms with Crippen molar-refractivity contribution in [3.63, 3.8) is 0 Å². The minimum atomic E-state index is 0.180. The topological polar surface area (TPSA) is 50.4 Å². The number of hydrogen-bond donors (Lipinski definition) is 2. The van der Waals surface area contributed by atoms with Crippen LogP contribution in [0.15, 0.2) is 17.2 Å². The normalized spacial score (nSPS) is 10.4. The van der Waals surface area contributed by atoms with Gasteiger partial charge in [0.2, 0.25) is 0 Å². The molecule has 0 radical (unpaired) electrons. The molecule has 1 rings (SSSR count). The van der Waals surface area contributed by atoms with Crippen LogP contribution in [0.3, 0.4) is 0 Å². The quantitative estimate of drug-likeness (QED) is 0.428. The first kappa shape index (κ1) is 9.15. The lowest BCUT2D eigenvalue weighted by Gasteiger charge is -1.91. The van der Waals surface area contributed by atoms with Crippen molar-refractivity contribution >= 4 is 34.9 Å². The Morgan fingerprint density at radius 3 is 3.00 bits per heavy atom. The van der Waals surface area contributed by atoms with Gasteiger partial charge < -0.3 is 5.73 Å². The van der Waals surface area contributed by atoms with E-state index in [-0.39, 0.29) is 5.11 Å². The highest BCUT2D eigenvalue weighted by molar-refractivity contribution is 7.80. The van der Waals surface area contributed by atoms with Gasteiger partial charge in [-0.15, -0.1) is 11.3 Å². The van der Waals surface area contributed by atoms with E-state index in [9.17, 15) is 0 Å². The summed E-state index contributed by atoms with van der Waals surface area (Å²) >= 11 is 6.24. The van der Waals surface area contributed by atoms with E-state index in [1.807, 2.05) is 19.1 Å². The van der Waals surface area contributed by atoms with Gasteiger partial charge >= 0.3 is 0 Å². The van der Waals surface area contributed by atoms with Gasteiger partial charge in [0, 0.05) is 9.75 Å². The maximum atomic E-state index is 5.17. The molecule has 3 nitrogen and oxygen atoms in total. The van der Waals surface area contributed by atoms with E-state index in [0.717, 1.165) is 4.88 Å². The summed E-state index contributed by atoms with van der Waals surface area (Å²) in [5, 5.41) is 4.00. The van der Waals surface area contributed by atoms with Gasteiger partial charge in [-0.1, -0.05) is 0 Å². The average molecular weight is 199 g/mol. The maximum Gasteiger partial charge on any atom is 0.184 e. The molecule has 0 aromatic carbocycles. The fourth-order valence-corrected chi connectivity index (χ4v) is 1.48. The second-order valence-electron chi connectivity index (χ2n) is 2.18. The van der Waals surface area contributed by atoms with E-state index in [2.05, 4.69) is 22.7 Å². The van der Waals surface area contributed by atoms with E-state index in [0.29, 0.717) is 0 Å². The Morgan fingerprint density at radius 1 is 1.75 bits per heavy atom. The maximum absolute atomic E-state index is 5.17. The molecule has 0 aliphatic rings. The molecule has 0 unspecified atom stereocenters. The molecular weight excluding hydrogens is 190 g/mol. The Hall–Kier alpha value is -0.940. The molecule has 0 saturated carbocycles. The first-order valence-corrected chi connectivity index (χ1v) is 4.56. The number of rotatable bonds is 2. The number of thiophene rings is 1. The molecule has 0 bridgehead atoms. The van der Waals surface area contributed by atoms with E-state index in [1.165, 1.54) is 4.88 Å². The minimum absolute atomic E-state index is 0.180. The second kappa shape index (κ2) is 4.18. The van der Waals surface area contributed by atoms with Crippen LogP contribution in [-0.4, -0.2) is 11.3 Å². The van der Waals surface area contributed by atoms with Crippen LogP contribution < -0.4 is 11.2 Å². The molecule has 0 spiro atoms. The van der Waals surface area contributed by atoms with Crippen molar-refractivity contribution in [2.45, 2.75) is 6.92 Å². The van der Waals surface area contributed by atoms with Gasteiger partial charge in [0.25, 0.3) is 0 Å². The fourth-order valence-electron chi connectivity index (χ4n) is 0.682. The van der Waals surface area contributed by atoms with Crippen LogP contribution in [-0.2, 0) is 0 Å². The monoisotopic (exact) mass is 199 g/mol. The number of aryl methyl sites for hydroxylation is 1. The van der Waals surface area contributed by atoms with Crippen LogP contribution in [0.5, 0.6) is 0 Å². The fraction of sp³-hybridized carbons (Fsp3) is 0.143. The van der Waals surface area contributed by atoms with Crippen molar-refractivity contribution in [2.75, 3.05) is 0 Å². The molecule has 0 aliphatic carbocycles. The number of hydrogen-bond acceptors (Lipinski definition) is 3. The summed E-state index contributed by atoms with van der Waals surface area (Å²) in [5.74, 6) is 0. The first-order chi connectivity index (χ1) is 5.68. The first-order valence-electron chi connectivity index (χ1n) is 3.33. The molecular formula is C7H9N3S2. The molecule has 64 valence electrons. The third kappa shape index (κ3) is 2.98. The molecule has 3 N–H and O–H groups in total. The van der Waals surface area contributed by atoms with E-state index >= 15 is 0 Å². The Bertz CT molecular complexity index is 303. The number of thiocarbonyl (C=S) groups is 1. The summed E-state index contributed by atoms with van der Waals surface area (Å²) in [5.41, 5.74) is 7.66. The minimum Gasteiger partial charge on any atom is -0.375 e. The van der Waals surface area contributed by atoms with E-state index in [4.69, 9.17) is 5.73 Å². The zero-order chi connectivity index (χ0) is 8.97. The molecule has 0 saturated heterocycles. The highest BCUT2D eigenvalue weighted by Gasteiger charge is 1.90. The Morgan fingerprint density at radius 2 is 2.50 bits per heavy atom. The molecule has 0 aliphatic heterocycles. The molecule has 12 heavy (non-hydrogen) atoms. The van der Waals surface area contributed by atoms with Gasteiger partial charge in [0.1, 0.15) is 0 Å². The Labute approximate surface area is 80.3 Å². The third-order valence-corrected chi connectivity index (χ3v) is 2.15. The number of nitrogens with one attached hydrogen (secondary N) is 1. The summed E-state index contributed by atoms with van der Waals surface area (Å²) in [6.07, 6.45) is 1.69. The molecule has 5 heteroatoms. The van der Waals surface area contributed by atoms with Gasteiger partial charge in [-0.3, -0.25) is 5.43 Å². The van der Waals surface area contributed by atoms with Gasteiger partial charge in [0.05, 0.1) is 6.21 Å². The lowest BCUT2D eigenvalue weighted by atomic mass is 10.4. The van der Waals surface area contributed by atoms with E-state index in [1.54, 1.807) is 17.6 Å². The molecule has 1 aromatic rings. The molecule has 1 aromatic heterocycles. The lowest BCUT2D eigenvalue weighted by Crippen LogP contribution is -2.23. The number of hydrazone groups is 1. The van der Waals surface area contributed by atoms with Crippen molar-refractivity contribution in [3.05, 3.63) is 21.9 Å². The molecule has 1 heterocycles. The number of nitrogens with two attached hydrogens (primary N) is 1. The van der Waals surface area contributed by atoms with Crippen molar-refractivity contribution < 1.29 is 0 Å². The third-order valence-electron chi connectivity index (χ3n) is 1.13. The predicted octanol–water partition coefficient (Wildman–Crippen LogP) is 1.22.